The summed E-state index contributed by atoms with van der Waals surface area (Å²) in [6, 6.07) is 1.71. The number of carbonyl (C=O) groups is 1. The molecule has 2 heterocycles. The normalized spacial score (nSPS) is 20.0. The van der Waals surface area contributed by atoms with Gasteiger partial charge >= 0.3 is 10.3 Å². The van der Waals surface area contributed by atoms with Gasteiger partial charge < -0.3 is 10.4 Å². The molecule has 0 amide bonds. The van der Waals surface area contributed by atoms with E-state index in [0.717, 1.165) is 12.8 Å². The van der Waals surface area contributed by atoms with E-state index in [-0.39, 0.29) is 24.3 Å². The Morgan fingerprint density at radius 2 is 2.21 bits per heavy atom. The molecule has 4 N–H and O–H groups in total. The van der Waals surface area contributed by atoms with Crippen molar-refractivity contribution in [3.63, 3.8) is 0 Å². The quantitative estimate of drug-likeness (QED) is 0.527. The van der Waals surface area contributed by atoms with Crippen molar-refractivity contribution in [1.29, 1.82) is 0 Å². The maximum atomic E-state index is 13.0. The second kappa shape index (κ2) is 8.44. The Kier molecular flexibility index (Phi) is 6.34. The molecule has 0 aliphatic heterocycles. The van der Waals surface area contributed by atoms with Gasteiger partial charge in [0.25, 0.3) is 0 Å². The highest BCUT2D eigenvalue weighted by Crippen LogP contribution is 2.31. The van der Waals surface area contributed by atoms with E-state index in [0.29, 0.717) is 28.2 Å². The maximum absolute atomic E-state index is 13.0. The number of aromatic nitrogens is 2. The highest BCUT2D eigenvalue weighted by Gasteiger charge is 2.28. The van der Waals surface area contributed by atoms with Crippen molar-refractivity contribution >= 4 is 33.2 Å². The minimum Gasteiger partial charge on any atom is -0.386 e. The van der Waals surface area contributed by atoms with Gasteiger partial charge in [0.15, 0.2) is 0 Å². The molecule has 2 aromatic rings. The average molecular weight is 441 g/mol. The van der Waals surface area contributed by atoms with Crippen molar-refractivity contribution in [2.45, 2.75) is 44.8 Å². The van der Waals surface area contributed by atoms with Crippen LogP contribution in [0.15, 0.2) is 24.0 Å². The van der Waals surface area contributed by atoms with Gasteiger partial charge in [0.05, 0.1) is 22.6 Å². The Balaban J connectivity index is 1.70. The first-order valence-electron chi connectivity index (χ1n) is 9.12. The van der Waals surface area contributed by atoms with Gasteiger partial charge in [0.2, 0.25) is 5.78 Å². The molecule has 2 atom stereocenters. The Bertz CT molecular complexity index is 984. The van der Waals surface area contributed by atoms with Crippen molar-refractivity contribution in [2.24, 2.45) is 11.1 Å². The number of hydrogen-bond donors (Lipinski definition) is 3. The molecule has 0 bridgehead atoms. The third-order valence-electron chi connectivity index (χ3n) is 4.84. The van der Waals surface area contributed by atoms with E-state index in [1.54, 1.807) is 25.3 Å². The molecule has 3 rings (SSSR count). The van der Waals surface area contributed by atoms with Crippen molar-refractivity contribution < 1.29 is 22.5 Å². The van der Waals surface area contributed by atoms with Crippen molar-refractivity contribution in [1.82, 2.24) is 9.97 Å². The number of nitrogens with two attached hydrogens (primary N) is 1. The van der Waals surface area contributed by atoms with Crippen LogP contribution in [0.5, 0.6) is 0 Å². The topological polar surface area (TPSA) is 144 Å². The van der Waals surface area contributed by atoms with Crippen LogP contribution in [0, 0.1) is 5.92 Å². The van der Waals surface area contributed by atoms with Gasteiger partial charge in [-0.3, -0.25) is 8.98 Å². The van der Waals surface area contributed by atoms with Gasteiger partial charge in [-0.1, -0.05) is 0 Å². The molecule has 1 fully saturated rings. The molecule has 0 spiro atoms. The van der Waals surface area contributed by atoms with Crippen LogP contribution in [-0.4, -0.2) is 41.9 Å². The van der Waals surface area contributed by atoms with E-state index >= 15 is 0 Å². The fourth-order valence-corrected chi connectivity index (χ4v) is 4.67. The molecule has 11 heteroatoms. The van der Waals surface area contributed by atoms with Crippen molar-refractivity contribution in [2.75, 3.05) is 11.9 Å². The van der Waals surface area contributed by atoms with E-state index in [4.69, 9.17) is 5.14 Å². The fraction of sp³-hybridized carbons (Fsp3) is 0.500. The van der Waals surface area contributed by atoms with E-state index in [9.17, 15) is 18.3 Å². The smallest absolute Gasteiger partial charge is 0.333 e. The molecule has 1 aliphatic rings. The Labute approximate surface area is 173 Å². The zero-order valence-electron chi connectivity index (χ0n) is 16.2. The molecule has 158 valence electrons. The molecule has 0 radical (unpaired) electrons. The van der Waals surface area contributed by atoms with Gasteiger partial charge in [0, 0.05) is 12.2 Å². The minimum atomic E-state index is -3.95. The van der Waals surface area contributed by atoms with E-state index in [1.165, 1.54) is 23.9 Å². The number of rotatable bonds is 8. The molecule has 9 nitrogen and oxygen atoms in total. The summed E-state index contributed by atoms with van der Waals surface area (Å²) in [7, 11) is -3.95. The Morgan fingerprint density at radius 3 is 2.86 bits per heavy atom. The van der Waals surface area contributed by atoms with Crippen molar-refractivity contribution in [3.05, 3.63) is 40.0 Å². The summed E-state index contributed by atoms with van der Waals surface area (Å²) in [6.07, 6.45) is 5.08. The molecule has 1 saturated carbocycles. The van der Waals surface area contributed by atoms with Gasteiger partial charge in [0.1, 0.15) is 12.1 Å². The summed E-state index contributed by atoms with van der Waals surface area (Å²) in [5.41, 5.74) is -0.00657. The molecule has 0 aromatic carbocycles. The van der Waals surface area contributed by atoms with Crippen LogP contribution in [0.2, 0.25) is 0 Å². The fourth-order valence-electron chi connectivity index (χ4n) is 3.26. The molecule has 0 saturated heterocycles. The molecule has 29 heavy (non-hydrogen) atoms. The van der Waals surface area contributed by atoms with Crippen LogP contribution in [-0.2, 0) is 20.1 Å². The van der Waals surface area contributed by atoms with Gasteiger partial charge in [-0.05, 0) is 56.0 Å². The zero-order valence-corrected chi connectivity index (χ0v) is 17.8. The Morgan fingerprint density at radius 1 is 1.45 bits per heavy atom. The van der Waals surface area contributed by atoms with Gasteiger partial charge in [-0.2, -0.15) is 8.42 Å². The summed E-state index contributed by atoms with van der Waals surface area (Å²) in [6.45, 7) is 3.37. The molecule has 1 aliphatic carbocycles. The number of thiophene rings is 1. The van der Waals surface area contributed by atoms with Crippen LogP contribution in [0.4, 0.5) is 5.82 Å². The minimum absolute atomic E-state index is 0.0285. The lowest BCUT2D eigenvalue weighted by Gasteiger charge is -2.16. The van der Waals surface area contributed by atoms with Crippen LogP contribution in [0.3, 0.4) is 0 Å². The van der Waals surface area contributed by atoms with Gasteiger partial charge in [-0.25, -0.2) is 15.1 Å². The van der Waals surface area contributed by atoms with Crippen LogP contribution < -0.4 is 10.5 Å². The maximum Gasteiger partial charge on any atom is 0.333 e. The van der Waals surface area contributed by atoms with Crippen LogP contribution in [0.25, 0.3) is 0 Å². The largest absolute Gasteiger partial charge is 0.386 e. The molecule has 2 aromatic heterocycles. The number of hydrogen-bond acceptors (Lipinski definition) is 9. The summed E-state index contributed by atoms with van der Waals surface area (Å²) in [5.74, 6) is 0.264. The standard InChI is InChI=1S/C18H24N4O5S2/c1-18(2,24)12-6-15(28-9-12)16(23)14-7-20-10-21-17(14)22-13-4-3-11(5-13)8-27-29(19,25)26/h6-7,9-11,13,24H,3-5,8H2,1-2H3,(H2,19,25,26)(H,20,21,22)/t11-,13+/m1/s1. The molecular weight excluding hydrogens is 416 g/mol. The average Bonchev–Trinajstić information content (AvgIpc) is 3.28. The van der Waals surface area contributed by atoms with Crippen LogP contribution >= 0.6 is 11.3 Å². The molecule has 0 unspecified atom stereocenters. The van der Waals surface area contributed by atoms with E-state index in [2.05, 4.69) is 19.5 Å². The number of ketones is 1. The summed E-state index contributed by atoms with van der Waals surface area (Å²) in [5, 5.41) is 20.0. The summed E-state index contributed by atoms with van der Waals surface area (Å²) < 4.78 is 26.6. The first-order valence-corrected chi connectivity index (χ1v) is 11.5. The highest BCUT2D eigenvalue weighted by molar-refractivity contribution is 7.84. The first-order chi connectivity index (χ1) is 13.5. The monoisotopic (exact) mass is 440 g/mol. The van der Waals surface area contributed by atoms with Crippen LogP contribution in [0.1, 0.15) is 53.9 Å². The third-order valence-corrected chi connectivity index (χ3v) is 6.23. The lowest BCUT2D eigenvalue weighted by molar-refractivity contribution is 0.0790. The predicted molar refractivity (Wildman–Crippen MR) is 109 cm³/mol. The number of anilines is 1. The summed E-state index contributed by atoms with van der Waals surface area (Å²) >= 11 is 1.26. The highest BCUT2D eigenvalue weighted by atomic mass is 32.2. The second-order valence-corrected chi connectivity index (χ2v) is 9.80. The predicted octanol–water partition coefficient (Wildman–Crippen LogP) is 1.80. The SMILES string of the molecule is CC(C)(O)c1csc(C(=O)c2cncnc2N[C@H]2CC[C@@H](COS(N)(=O)=O)C2)c1. The zero-order chi connectivity index (χ0) is 21.2. The number of carbonyl (C=O) groups excluding carboxylic acids is 1. The number of aliphatic hydroxyl groups is 1. The third kappa shape index (κ3) is 5.80. The lowest BCUT2D eigenvalue weighted by atomic mass is 10.0. The van der Waals surface area contributed by atoms with E-state index in [1.807, 2.05) is 0 Å². The van der Waals surface area contributed by atoms with Gasteiger partial charge in [-0.15, -0.1) is 11.3 Å². The van der Waals surface area contributed by atoms with E-state index < -0.39 is 15.9 Å². The Hall–Kier alpha value is -1.92. The number of nitrogens with zero attached hydrogens (tertiary/aromatic N) is 2. The summed E-state index contributed by atoms with van der Waals surface area (Å²) in [4.78, 5) is 21.7. The molecular formula is C18H24N4O5S2. The lowest BCUT2D eigenvalue weighted by Crippen LogP contribution is -2.22. The second-order valence-electron chi connectivity index (χ2n) is 7.67. The van der Waals surface area contributed by atoms with Crippen molar-refractivity contribution in [3.8, 4) is 0 Å². The first kappa shape index (κ1) is 21.8. The number of nitrogens with one attached hydrogen (secondary N) is 1.